The van der Waals surface area contributed by atoms with Gasteiger partial charge < -0.3 is 15.4 Å². The lowest BCUT2D eigenvalue weighted by molar-refractivity contribution is 0.223. The van der Waals surface area contributed by atoms with E-state index in [2.05, 4.69) is 38.9 Å². The molecule has 1 unspecified atom stereocenters. The van der Waals surface area contributed by atoms with E-state index in [-0.39, 0.29) is 6.10 Å². The number of nitrogens with one attached hydrogen (secondary N) is 2. The summed E-state index contributed by atoms with van der Waals surface area (Å²) in [6.45, 7) is 1.83. The Hall–Kier alpha value is -3.16. The van der Waals surface area contributed by atoms with Crippen LogP contribution < -0.4 is 15.4 Å². The zero-order valence-corrected chi connectivity index (χ0v) is 19.1. The molecule has 1 atom stereocenters. The summed E-state index contributed by atoms with van der Waals surface area (Å²) < 4.78 is 8.05. The van der Waals surface area contributed by atoms with Crippen LogP contribution in [0.1, 0.15) is 30.7 Å². The first-order chi connectivity index (χ1) is 16.1. The van der Waals surface area contributed by atoms with Crippen LogP contribution in [-0.2, 0) is 7.05 Å². The summed E-state index contributed by atoms with van der Waals surface area (Å²) in [5, 5.41) is 12.6. The van der Waals surface area contributed by atoms with Crippen molar-refractivity contribution in [2.45, 2.75) is 31.3 Å². The van der Waals surface area contributed by atoms with Gasteiger partial charge in [0, 0.05) is 48.7 Å². The van der Waals surface area contributed by atoms with Gasteiger partial charge in [-0.3, -0.25) is 4.68 Å². The lowest BCUT2D eigenvalue weighted by atomic mass is 10.1. The molecule has 1 saturated heterocycles. The van der Waals surface area contributed by atoms with Crippen molar-refractivity contribution in [2.75, 3.05) is 18.4 Å². The fourth-order valence-corrected chi connectivity index (χ4v) is 4.64. The fraction of sp³-hybridized carbons (Fsp3) is 0.320. The van der Waals surface area contributed by atoms with Crippen LogP contribution in [-0.4, -0.2) is 38.9 Å². The van der Waals surface area contributed by atoms with E-state index in [9.17, 15) is 0 Å². The average Bonchev–Trinajstić information content (AvgIpc) is 3.36. The van der Waals surface area contributed by atoms with Gasteiger partial charge in [-0.1, -0.05) is 11.6 Å². The maximum Gasteiger partial charge on any atom is 0.227 e. The van der Waals surface area contributed by atoms with Crippen molar-refractivity contribution in [1.82, 2.24) is 25.1 Å². The van der Waals surface area contributed by atoms with Gasteiger partial charge in [0.2, 0.25) is 5.95 Å². The number of aryl methyl sites for hydroxylation is 1. The Morgan fingerprint density at radius 3 is 2.76 bits per heavy atom. The number of benzene rings is 2. The van der Waals surface area contributed by atoms with Crippen LogP contribution in [0.2, 0.25) is 5.02 Å². The number of hydrogen-bond acceptors (Lipinski definition) is 6. The third kappa shape index (κ3) is 4.38. The van der Waals surface area contributed by atoms with E-state index < -0.39 is 0 Å². The van der Waals surface area contributed by atoms with Crippen LogP contribution in [0.15, 0.2) is 48.9 Å². The molecule has 33 heavy (non-hydrogen) atoms. The zero-order valence-electron chi connectivity index (χ0n) is 18.4. The van der Waals surface area contributed by atoms with Crippen molar-refractivity contribution in [2.24, 2.45) is 7.05 Å². The first-order valence-electron chi connectivity index (χ1n) is 11.4. The molecule has 1 aliphatic carbocycles. The van der Waals surface area contributed by atoms with Crippen LogP contribution in [0.5, 0.6) is 5.75 Å². The van der Waals surface area contributed by atoms with Crippen molar-refractivity contribution in [3.05, 3.63) is 59.5 Å². The lowest BCUT2D eigenvalue weighted by Crippen LogP contribution is -2.19. The summed E-state index contributed by atoms with van der Waals surface area (Å²) in [7, 11) is 1.91. The summed E-state index contributed by atoms with van der Waals surface area (Å²) in [6.07, 6.45) is 9.31. The van der Waals surface area contributed by atoms with Crippen molar-refractivity contribution in [3.63, 3.8) is 0 Å². The Morgan fingerprint density at radius 1 is 1.09 bits per heavy atom. The molecule has 2 aliphatic rings. The minimum Gasteiger partial charge on any atom is -0.489 e. The van der Waals surface area contributed by atoms with E-state index in [1.807, 2.05) is 37.8 Å². The number of nitrogens with zero attached hydrogens (tertiary/aromatic N) is 4. The number of rotatable bonds is 6. The number of aromatic nitrogens is 4. The molecular weight excluding hydrogens is 436 g/mol. The van der Waals surface area contributed by atoms with Crippen LogP contribution in [0.3, 0.4) is 0 Å². The second kappa shape index (κ2) is 8.32. The van der Waals surface area contributed by atoms with Crippen molar-refractivity contribution in [3.8, 4) is 16.9 Å². The topological polar surface area (TPSA) is 76.9 Å². The summed E-state index contributed by atoms with van der Waals surface area (Å²) in [5.74, 6) is 1.94. The van der Waals surface area contributed by atoms with Gasteiger partial charge in [-0.15, -0.1) is 0 Å². The van der Waals surface area contributed by atoms with Crippen LogP contribution in [0, 0.1) is 0 Å². The van der Waals surface area contributed by atoms with E-state index in [1.54, 1.807) is 4.68 Å². The van der Waals surface area contributed by atoms with Gasteiger partial charge in [0.05, 0.1) is 16.7 Å². The molecule has 4 aromatic rings. The number of ether oxygens (including phenoxy) is 1. The third-order valence-corrected chi connectivity index (χ3v) is 6.51. The Kier molecular flexibility index (Phi) is 5.15. The SMILES string of the molecule is Cn1cc(-c2cc(Nc3ncc4cc(C5CC5)cc(Cl)c4n3)cc(OC3CCNC3)c2)cn1. The summed E-state index contributed by atoms with van der Waals surface area (Å²) in [4.78, 5) is 9.26. The summed E-state index contributed by atoms with van der Waals surface area (Å²) >= 11 is 6.58. The average molecular weight is 461 g/mol. The molecule has 2 fully saturated rings. The molecule has 0 radical (unpaired) electrons. The molecule has 1 saturated carbocycles. The zero-order chi connectivity index (χ0) is 22.4. The summed E-state index contributed by atoms with van der Waals surface area (Å²) in [5.41, 5.74) is 4.93. The predicted molar refractivity (Wildman–Crippen MR) is 130 cm³/mol. The Morgan fingerprint density at radius 2 is 2.00 bits per heavy atom. The fourth-order valence-electron chi connectivity index (χ4n) is 4.36. The summed E-state index contributed by atoms with van der Waals surface area (Å²) in [6, 6.07) is 10.3. The van der Waals surface area contributed by atoms with E-state index >= 15 is 0 Å². The Balaban J connectivity index is 1.33. The van der Waals surface area contributed by atoms with Gasteiger partial charge in [0.15, 0.2) is 0 Å². The van der Waals surface area contributed by atoms with Crippen molar-refractivity contribution < 1.29 is 4.74 Å². The molecule has 2 aromatic heterocycles. The van der Waals surface area contributed by atoms with Crippen LogP contribution in [0.4, 0.5) is 11.6 Å². The van der Waals surface area contributed by atoms with Gasteiger partial charge in [0.25, 0.3) is 0 Å². The highest BCUT2D eigenvalue weighted by Gasteiger charge is 2.24. The van der Waals surface area contributed by atoms with E-state index in [0.29, 0.717) is 16.9 Å². The second-order valence-electron chi connectivity index (χ2n) is 8.91. The number of anilines is 2. The smallest absolute Gasteiger partial charge is 0.227 e. The molecule has 0 amide bonds. The molecular formula is C25H25ClN6O. The Labute approximate surface area is 197 Å². The van der Waals surface area contributed by atoms with E-state index in [4.69, 9.17) is 21.3 Å². The first kappa shape index (κ1) is 20.4. The van der Waals surface area contributed by atoms with Gasteiger partial charge in [-0.2, -0.15) is 5.10 Å². The molecule has 2 aromatic carbocycles. The highest BCUT2D eigenvalue weighted by Crippen LogP contribution is 2.42. The van der Waals surface area contributed by atoms with Gasteiger partial charge in [0.1, 0.15) is 11.9 Å². The van der Waals surface area contributed by atoms with E-state index in [0.717, 1.165) is 53.0 Å². The largest absolute Gasteiger partial charge is 0.489 e. The number of hydrogen-bond donors (Lipinski definition) is 2. The lowest BCUT2D eigenvalue weighted by Gasteiger charge is -2.15. The molecule has 6 rings (SSSR count). The standard InChI is InChI=1S/C25H25ClN6O/c1-32-14-19(12-29-32)17-7-20(10-22(8-17)33-21-4-5-27-13-21)30-25-28-11-18-6-16(15-2-3-15)9-23(26)24(18)31-25/h6-12,14-15,21,27H,2-5,13H2,1H3,(H,28,30,31). The molecule has 7 nitrogen and oxygen atoms in total. The van der Waals surface area contributed by atoms with Crippen LogP contribution >= 0.6 is 11.6 Å². The van der Waals surface area contributed by atoms with E-state index in [1.165, 1.54) is 18.4 Å². The second-order valence-corrected chi connectivity index (χ2v) is 9.32. The Bertz CT molecular complexity index is 1330. The van der Waals surface area contributed by atoms with Crippen molar-refractivity contribution in [1.29, 1.82) is 0 Å². The van der Waals surface area contributed by atoms with Gasteiger partial charge in [-0.25, -0.2) is 9.97 Å². The third-order valence-electron chi connectivity index (χ3n) is 6.23. The molecule has 3 heterocycles. The molecule has 8 heteroatoms. The highest BCUT2D eigenvalue weighted by atomic mass is 35.5. The molecule has 1 aliphatic heterocycles. The molecule has 2 N–H and O–H groups in total. The maximum atomic E-state index is 6.58. The molecule has 168 valence electrons. The van der Waals surface area contributed by atoms with Gasteiger partial charge in [-0.05, 0) is 67.1 Å². The number of fused-ring (bicyclic) bond motifs is 1. The maximum absolute atomic E-state index is 6.58. The van der Waals surface area contributed by atoms with Crippen LogP contribution in [0.25, 0.3) is 22.0 Å². The minimum absolute atomic E-state index is 0.165. The monoisotopic (exact) mass is 460 g/mol. The van der Waals surface area contributed by atoms with Crippen molar-refractivity contribution >= 4 is 34.1 Å². The first-order valence-corrected chi connectivity index (χ1v) is 11.7. The molecule has 0 spiro atoms. The highest BCUT2D eigenvalue weighted by molar-refractivity contribution is 6.35. The number of halogens is 1. The quantitative estimate of drug-likeness (QED) is 0.419. The minimum atomic E-state index is 0.165. The normalized spacial score (nSPS) is 18.1. The molecule has 0 bridgehead atoms. The van der Waals surface area contributed by atoms with Gasteiger partial charge >= 0.3 is 0 Å². The predicted octanol–water partition coefficient (Wildman–Crippen LogP) is 5.05.